The second-order valence-corrected chi connectivity index (χ2v) is 8.87. The zero-order valence-corrected chi connectivity index (χ0v) is 18.3. The van der Waals surface area contributed by atoms with Gasteiger partial charge in [-0.25, -0.2) is 17.2 Å². The molecule has 7 nitrogen and oxygen atoms in total. The van der Waals surface area contributed by atoms with Crippen molar-refractivity contribution in [3.05, 3.63) is 65.7 Å². The van der Waals surface area contributed by atoms with Gasteiger partial charge in [-0.3, -0.25) is 13.9 Å². The molecule has 1 atom stereocenters. The van der Waals surface area contributed by atoms with Gasteiger partial charge in [-0.2, -0.15) is 0 Å². The molecule has 0 fully saturated rings. The topological polar surface area (TPSA) is 86.8 Å². The van der Waals surface area contributed by atoms with E-state index in [1.807, 2.05) is 0 Å². The lowest BCUT2D eigenvalue weighted by molar-refractivity contribution is -0.139. The maximum Gasteiger partial charge on any atom is 0.244 e. The molecule has 31 heavy (non-hydrogen) atoms. The first-order valence-electron chi connectivity index (χ1n) is 9.57. The van der Waals surface area contributed by atoms with E-state index in [0.717, 1.165) is 22.7 Å². The maximum atomic E-state index is 13.3. The van der Waals surface area contributed by atoms with Crippen LogP contribution in [0.5, 0.6) is 0 Å². The van der Waals surface area contributed by atoms with E-state index < -0.39 is 46.1 Å². The monoisotopic (exact) mass is 453 g/mol. The molecule has 0 aliphatic carbocycles. The first kappa shape index (κ1) is 24.3. The molecule has 0 spiro atoms. The van der Waals surface area contributed by atoms with Gasteiger partial charge in [0.05, 0.1) is 11.9 Å². The molecule has 0 heterocycles. The van der Waals surface area contributed by atoms with Crippen molar-refractivity contribution in [3.63, 3.8) is 0 Å². The van der Waals surface area contributed by atoms with Crippen LogP contribution in [0, 0.1) is 11.6 Å². The van der Waals surface area contributed by atoms with Gasteiger partial charge in [-0.1, -0.05) is 12.1 Å². The highest BCUT2D eigenvalue weighted by Crippen LogP contribution is 2.19. The average Bonchev–Trinajstić information content (AvgIpc) is 2.71. The van der Waals surface area contributed by atoms with Gasteiger partial charge < -0.3 is 10.2 Å². The zero-order chi connectivity index (χ0) is 23.2. The van der Waals surface area contributed by atoms with Gasteiger partial charge in [0.1, 0.15) is 24.2 Å². The second-order valence-electron chi connectivity index (χ2n) is 6.96. The number of rotatable bonds is 9. The summed E-state index contributed by atoms with van der Waals surface area (Å²) in [6.45, 7) is 2.99. The Balaban J connectivity index is 2.35. The number of anilines is 1. The normalized spacial score (nSPS) is 12.2. The lowest BCUT2D eigenvalue weighted by Gasteiger charge is -2.31. The summed E-state index contributed by atoms with van der Waals surface area (Å²) in [5.74, 6) is -2.05. The van der Waals surface area contributed by atoms with E-state index in [9.17, 15) is 26.8 Å². The fraction of sp³-hybridized carbons (Fsp3) is 0.333. The summed E-state index contributed by atoms with van der Waals surface area (Å²) < 4.78 is 52.0. The fourth-order valence-corrected chi connectivity index (χ4v) is 3.76. The Labute approximate surface area is 180 Å². The zero-order valence-electron chi connectivity index (χ0n) is 17.5. The van der Waals surface area contributed by atoms with E-state index in [1.54, 1.807) is 6.92 Å². The Morgan fingerprint density at radius 2 is 1.52 bits per heavy atom. The average molecular weight is 454 g/mol. The minimum absolute atomic E-state index is 0.0293. The number of nitrogens with zero attached hydrogens (tertiary/aromatic N) is 2. The Morgan fingerprint density at radius 3 is 2.00 bits per heavy atom. The molecular weight excluding hydrogens is 428 g/mol. The summed E-state index contributed by atoms with van der Waals surface area (Å²) in [5, 5.41) is 2.63. The van der Waals surface area contributed by atoms with E-state index in [2.05, 4.69) is 5.32 Å². The van der Waals surface area contributed by atoms with E-state index in [4.69, 9.17) is 0 Å². The van der Waals surface area contributed by atoms with Crippen molar-refractivity contribution in [2.75, 3.05) is 23.7 Å². The molecular formula is C21H25F2N3O4S. The van der Waals surface area contributed by atoms with Gasteiger partial charge in [0.25, 0.3) is 0 Å². The van der Waals surface area contributed by atoms with Crippen molar-refractivity contribution in [1.82, 2.24) is 10.2 Å². The van der Waals surface area contributed by atoms with Gasteiger partial charge >= 0.3 is 0 Å². The highest BCUT2D eigenvalue weighted by Gasteiger charge is 2.29. The first-order chi connectivity index (χ1) is 14.5. The van der Waals surface area contributed by atoms with E-state index >= 15 is 0 Å². The smallest absolute Gasteiger partial charge is 0.244 e. The predicted octanol–water partition coefficient (Wildman–Crippen LogP) is 2.28. The van der Waals surface area contributed by atoms with Gasteiger partial charge in [0.15, 0.2) is 0 Å². The third kappa shape index (κ3) is 6.74. The van der Waals surface area contributed by atoms with Crippen LogP contribution in [-0.4, -0.2) is 50.5 Å². The molecule has 0 saturated heterocycles. The van der Waals surface area contributed by atoms with Crippen molar-refractivity contribution in [1.29, 1.82) is 0 Å². The molecule has 0 bridgehead atoms. The van der Waals surface area contributed by atoms with Gasteiger partial charge in [-0.05, 0) is 55.8 Å². The summed E-state index contributed by atoms with van der Waals surface area (Å²) in [7, 11) is -3.88. The van der Waals surface area contributed by atoms with Gasteiger partial charge in [-0.15, -0.1) is 0 Å². The minimum Gasteiger partial charge on any atom is -0.355 e. The lowest BCUT2D eigenvalue weighted by Crippen LogP contribution is -2.51. The van der Waals surface area contributed by atoms with E-state index in [-0.39, 0.29) is 12.2 Å². The highest BCUT2D eigenvalue weighted by molar-refractivity contribution is 7.92. The fourth-order valence-electron chi connectivity index (χ4n) is 2.91. The molecule has 168 valence electrons. The van der Waals surface area contributed by atoms with Crippen LogP contribution in [0.1, 0.15) is 19.4 Å². The highest BCUT2D eigenvalue weighted by atomic mass is 32.2. The molecule has 2 rings (SSSR count). The molecule has 0 saturated carbocycles. The summed E-state index contributed by atoms with van der Waals surface area (Å²) >= 11 is 0. The molecule has 0 aromatic heterocycles. The maximum absolute atomic E-state index is 13.3. The molecule has 2 amide bonds. The summed E-state index contributed by atoms with van der Waals surface area (Å²) in [6.07, 6.45) is 0.932. The van der Waals surface area contributed by atoms with Crippen LogP contribution >= 0.6 is 0 Å². The number of amides is 2. The number of nitrogens with one attached hydrogen (secondary N) is 1. The number of hydrogen-bond donors (Lipinski definition) is 1. The van der Waals surface area contributed by atoms with Crippen LogP contribution in [0.25, 0.3) is 0 Å². The van der Waals surface area contributed by atoms with Crippen molar-refractivity contribution >= 4 is 27.5 Å². The number of sulfonamides is 1. The summed E-state index contributed by atoms with van der Waals surface area (Å²) in [6, 6.07) is 9.20. The van der Waals surface area contributed by atoms with Crippen LogP contribution in [0.4, 0.5) is 14.5 Å². The number of halogens is 2. The number of carbonyl (C=O) groups is 2. The van der Waals surface area contributed by atoms with Crippen LogP contribution in [0.15, 0.2) is 48.5 Å². The predicted molar refractivity (Wildman–Crippen MR) is 114 cm³/mol. The van der Waals surface area contributed by atoms with Crippen LogP contribution < -0.4 is 9.62 Å². The molecule has 1 N–H and O–H groups in total. The minimum atomic E-state index is -3.88. The third-order valence-electron chi connectivity index (χ3n) is 4.58. The standard InChI is InChI=1S/C21H25F2N3O4S/c1-4-24-21(28)15(2)25(13-16-5-7-17(22)8-6-16)20(27)14-26(31(3,29)30)19-11-9-18(23)10-12-19/h5-12,15H,4,13-14H2,1-3H3,(H,24,28)/t15-/m1/s1. The Morgan fingerprint density at radius 1 is 1.00 bits per heavy atom. The van der Waals surface area contributed by atoms with Crippen molar-refractivity contribution < 1.29 is 26.8 Å². The molecule has 0 aliphatic rings. The third-order valence-corrected chi connectivity index (χ3v) is 5.72. The molecule has 0 aliphatic heterocycles. The molecule has 2 aromatic carbocycles. The van der Waals surface area contributed by atoms with Crippen molar-refractivity contribution in [2.24, 2.45) is 0 Å². The van der Waals surface area contributed by atoms with Gasteiger partial charge in [0.2, 0.25) is 21.8 Å². The lowest BCUT2D eigenvalue weighted by atomic mass is 10.1. The molecule has 0 radical (unpaired) electrons. The number of likely N-dealkylation sites (N-methyl/N-ethyl adjacent to an activating group) is 1. The van der Waals surface area contributed by atoms with Crippen LogP contribution in [0.3, 0.4) is 0 Å². The van der Waals surface area contributed by atoms with Crippen LogP contribution in [-0.2, 0) is 26.2 Å². The SMILES string of the molecule is CCNC(=O)[C@@H](C)N(Cc1ccc(F)cc1)C(=O)CN(c1ccc(F)cc1)S(C)(=O)=O. The Bertz CT molecular complexity index is 1010. The van der Waals surface area contributed by atoms with Gasteiger partial charge in [0, 0.05) is 13.1 Å². The number of hydrogen-bond acceptors (Lipinski definition) is 4. The Kier molecular flexibility index (Phi) is 8.09. The molecule has 10 heteroatoms. The van der Waals surface area contributed by atoms with Crippen LogP contribution in [0.2, 0.25) is 0 Å². The molecule has 2 aromatic rings. The Hall–Kier alpha value is -3.01. The van der Waals surface area contributed by atoms with Crippen molar-refractivity contribution in [3.8, 4) is 0 Å². The number of benzene rings is 2. The summed E-state index contributed by atoms with van der Waals surface area (Å²) in [5.41, 5.74) is 0.684. The van der Waals surface area contributed by atoms with Crippen molar-refractivity contribution in [2.45, 2.75) is 26.4 Å². The van der Waals surface area contributed by atoms with E-state index in [0.29, 0.717) is 12.1 Å². The number of carbonyl (C=O) groups excluding carboxylic acids is 2. The quantitative estimate of drug-likeness (QED) is 0.631. The second kappa shape index (κ2) is 10.3. The first-order valence-corrected chi connectivity index (χ1v) is 11.4. The molecule has 0 unspecified atom stereocenters. The largest absolute Gasteiger partial charge is 0.355 e. The van der Waals surface area contributed by atoms with E-state index in [1.165, 1.54) is 48.2 Å². The summed E-state index contributed by atoms with van der Waals surface area (Å²) in [4.78, 5) is 26.8.